The number of carbonyl (C=O) groups excluding carboxylic acids is 2. The smallest absolute Gasteiger partial charge is 0.280 e. The molecule has 0 saturated heterocycles. The molecule has 0 saturated carbocycles. The molecule has 0 aliphatic heterocycles. The number of rotatable bonds is 11. The van der Waals surface area contributed by atoms with Crippen LogP contribution in [0.4, 0.5) is 4.39 Å². The van der Waals surface area contributed by atoms with Crippen molar-refractivity contribution in [1.29, 1.82) is 0 Å². The predicted octanol–water partition coefficient (Wildman–Crippen LogP) is 3.07. The van der Waals surface area contributed by atoms with Gasteiger partial charge in [0.05, 0.1) is 32.5 Å². The number of amides is 2. The third-order valence-corrected chi connectivity index (χ3v) is 4.75. The number of hydrogen-bond donors (Lipinski definition) is 0. The number of aryl methyl sites for hydroxylation is 1. The minimum Gasteiger partial charge on any atom is -0.383 e. The van der Waals surface area contributed by atoms with Gasteiger partial charge in [-0.25, -0.2) is 9.45 Å². The minimum absolute atomic E-state index is 0.0810. The summed E-state index contributed by atoms with van der Waals surface area (Å²) in [7, 11) is 4.32. The molecule has 168 valence electrons. The summed E-state index contributed by atoms with van der Waals surface area (Å²) in [4.78, 5) is 31.2. The SMILES string of the molecule is COCCN(CCOCc1ccc(C(=O)N(C)OC)c(F)c1)C(=O)c1ccc(C)cc1. The molecule has 0 heterocycles. The van der Waals surface area contributed by atoms with Crippen LogP contribution < -0.4 is 0 Å². The summed E-state index contributed by atoms with van der Waals surface area (Å²) >= 11 is 0. The van der Waals surface area contributed by atoms with E-state index in [-0.39, 0.29) is 24.7 Å². The maximum atomic E-state index is 14.3. The molecule has 0 spiro atoms. The van der Waals surface area contributed by atoms with Gasteiger partial charge in [-0.15, -0.1) is 0 Å². The fourth-order valence-corrected chi connectivity index (χ4v) is 2.83. The highest BCUT2D eigenvalue weighted by Gasteiger charge is 2.17. The molecule has 0 aliphatic carbocycles. The van der Waals surface area contributed by atoms with Gasteiger partial charge >= 0.3 is 0 Å². The quantitative estimate of drug-likeness (QED) is 0.403. The Morgan fingerprint density at radius 1 is 0.968 bits per heavy atom. The van der Waals surface area contributed by atoms with Crippen LogP contribution in [0.3, 0.4) is 0 Å². The Labute approximate surface area is 182 Å². The minimum atomic E-state index is -0.647. The van der Waals surface area contributed by atoms with Gasteiger partial charge in [0.25, 0.3) is 11.8 Å². The van der Waals surface area contributed by atoms with Gasteiger partial charge in [-0.05, 0) is 36.8 Å². The fourth-order valence-electron chi connectivity index (χ4n) is 2.83. The van der Waals surface area contributed by atoms with Crippen molar-refractivity contribution in [2.45, 2.75) is 13.5 Å². The number of nitrogens with zero attached hydrogens (tertiary/aromatic N) is 2. The van der Waals surface area contributed by atoms with Crippen molar-refractivity contribution in [3.05, 3.63) is 70.5 Å². The van der Waals surface area contributed by atoms with Crippen molar-refractivity contribution < 1.29 is 28.3 Å². The Kier molecular flexibility index (Phi) is 9.58. The number of ether oxygens (including phenoxy) is 2. The van der Waals surface area contributed by atoms with E-state index < -0.39 is 11.7 Å². The standard InChI is InChI=1S/C23H29FN2O5/c1-17-5-8-19(9-6-17)22(27)26(11-13-29-3)12-14-31-16-18-7-10-20(21(24)15-18)23(28)25(2)30-4/h5-10,15H,11-14,16H2,1-4H3. The maximum Gasteiger partial charge on any atom is 0.280 e. The van der Waals surface area contributed by atoms with E-state index in [0.717, 1.165) is 10.6 Å². The normalized spacial score (nSPS) is 10.7. The van der Waals surface area contributed by atoms with Crippen LogP contribution in [0, 0.1) is 12.7 Å². The van der Waals surface area contributed by atoms with Crippen LogP contribution in [0.15, 0.2) is 42.5 Å². The largest absolute Gasteiger partial charge is 0.383 e. The van der Waals surface area contributed by atoms with Gasteiger partial charge in [0, 0.05) is 32.8 Å². The van der Waals surface area contributed by atoms with Crippen LogP contribution in [0.1, 0.15) is 31.8 Å². The summed E-state index contributed by atoms with van der Waals surface area (Å²) in [6, 6.07) is 11.7. The topological polar surface area (TPSA) is 68.3 Å². The molecule has 2 aromatic rings. The molecule has 0 atom stereocenters. The first-order valence-corrected chi connectivity index (χ1v) is 9.90. The zero-order chi connectivity index (χ0) is 22.8. The predicted molar refractivity (Wildman–Crippen MR) is 114 cm³/mol. The molecule has 2 amide bonds. The van der Waals surface area contributed by atoms with Crippen LogP contribution in [0.2, 0.25) is 0 Å². The Bertz CT molecular complexity index is 873. The molecule has 8 heteroatoms. The average molecular weight is 432 g/mol. The zero-order valence-corrected chi connectivity index (χ0v) is 18.4. The zero-order valence-electron chi connectivity index (χ0n) is 18.4. The van der Waals surface area contributed by atoms with E-state index in [0.29, 0.717) is 30.8 Å². The molecule has 0 fully saturated rings. The Morgan fingerprint density at radius 3 is 2.26 bits per heavy atom. The summed E-state index contributed by atoms with van der Waals surface area (Å²) in [5.41, 5.74) is 2.19. The summed E-state index contributed by atoms with van der Waals surface area (Å²) in [6.07, 6.45) is 0. The van der Waals surface area contributed by atoms with Gasteiger partial charge < -0.3 is 14.4 Å². The molecule has 7 nitrogen and oxygen atoms in total. The number of benzene rings is 2. The average Bonchev–Trinajstić information content (AvgIpc) is 2.77. The van der Waals surface area contributed by atoms with E-state index in [1.807, 2.05) is 19.1 Å². The lowest BCUT2D eigenvalue weighted by molar-refractivity contribution is -0.0759. The molecule has 0 bridgehead atoms. The van der Waals surface area contributed by atoms with Crippen molar-refractivity contribution in [2.24, 2.45) is 0 Å². The lowest BCUT2D eigenvalue weighted by Crippen LogP contribution is -2.36. The van der Waals surface area contributed by atoms with Gasteiger partial charge in [0.2, 0.25) is 0 Å². The molecule has 0 aliphatic rings. The first-order chi connectivity index (χ1) is 14.9. The number of carbonyl (C=O) groups is 2. The number of methoxy groups -OCH3 is 1. The van der Waals surface area contributed by atoms with Crippen molar-refractivity contribution >= 4 is 11.8 Å². The fraction of sp³-hybridized carbons (Fsp3) is 0.391. The molecule has 0 N–H and O–H groups in total. The summed E-state index contributed by atoms with van der Waals surface area (Å²) in [5, 5.41) is 0.953. The van der Waals surface area contributed by atoms with E-state index in [1.54, 1.807) is 30.2 Å². The highest BCUT2D eigenvalue weighted by molar-refractivity contribution is 5.94. The van der Waals surface area contributed by atoms with E-state index in [4.69, 9.17) is 14.3 Å². The summed E-state index contributed by atoms with van der Waals surface area (Å²) in [6.45, 7) is 3.61. The lowest BCUT2D eigenvalue weighted by atomic mass is 10.1. The molecule has 0 radical (unpaired) electrons. The number of halogens is 1. The molecule has 2 aromatic carbocycles. The monoisotopic (exact) mass is 432 g/mol. The van der Waals surface area contributed by atoms with Crippen molar-refractivity contribution in [3.8, 4) is 0 Å². The molecule has 31 heavy (non-hydrogen) atoms. The van der Waals surface area contributed by atoms with E-state index in [2.05, 4.69) is 0 Å². The van der Waals surface area contributed by atoms with E-state index >= 15 is 0 Å². The third-order valence-electron chi connectivity index (χ3n) is 4.75. The molecular formula is C23H29FN2O5. The van der Waals surface area contributed by atoms with E-state index in [1.165, 1.54) is 26.3 Å². The first-order valence-electron chi connectivity index (χ1n) is 9.90. The van der Waals surface area contributed by atoms with Crippen LogP contribution >= 0.6 is 0 Å². The Hall–Kier alpha value is -2.81. The Morgan fingerprint density at radius 2 is 1.65 bits per heavy atom. The van der Waals surface area contributed by atoms with Crippen molar-refractivity contribution in [1.82, 2.24) is 9.96 Å². The molecular weight excluding hydrogens is 403 g/mol. The Balaban J connectivity index is 1.92. The van der Waals surface area contributed by atoms with Gasteiger partial charge in [0.1, 0.15) is 5.82 Å². The molecule has 0 unspecified atom stereocenters. The number of hydrogen-bond acceptors (Lipinski definition) is 5. The van der Waals surface area contributed by atoms with Crippen molar-refractivity contribution in [3.63, 3.8) is 0 Å². The number of hydroxylamine groups is 2. The van der Waals surface area contributed by atoms with Crippen LogP contribution in [-0.4, -0.2) is 69.3 Å². The second-order valence-corrected chi connectivity index (χ2v) is 7.00. The van der Waals surface area contributed by atoms with Crippen LogP contribution in [0.5, 0.6) is 0 Å². The van der Waals surface area contributed by atoms with Gasteiger partial charge in [0.15, 0.2) is 0 Å². The van der Waals surface area contributed by atoms with Crippen molar-refractivity contribution in [2.75, 3.05) is 47.6 Å². The highest BCUT2D eigenvalue weighted by atomic mass is 19.1. The third kappa shape index (κ3) is 7.13. The maximum absolute atomic E-state index is 14.3. The summed E-state index contributed by atoms with van der Waals surface area (Å²) < 4.78 is 25.0. The van der Waals surface area contributed by atoms with Gasteiger partial charge in [-0.1, -0.05) is 23.8 Å². The van der Waals surface area contributed by atoms with E-state index in [9.17, 15) is 14.0 Å². The highest BCUT2D eigenvalue weighted by Crippen LogP contribution is 2.14. The first kappa shape index (κ1) is 24.5. The summed E-state index contributed by atoms with van der Waals surface area (Å²) in [5.74, 6) is -1.32. The second-order valence-electron chi connectivity index (χ2n) is 7.00. The molecule has 0 aromatic heterocycles. The van der Waals surface area contributed by atoms with Gasteiger partial charge in [-0.2, -0.15) is 0 Å². The van der Waals surface area contributed by atoms with Crippen LogP contribution in [-0.2, 0) is 20.9 Å². The molecule has 2 rings (SSSR count). The van der Waals surface area contributed by atoms with Crippen LogP contribution in [0.25, 0.3) is 0 Å². The second kappa shape index (κ2) is 12.1. The lowest BCUT2D eigenvalue weighted by Gasteiger charge is -2.22. The van der Waals surface area contributed by atoms with Gasteiger partial charge in [-0.3, -0.25) is 14.4 Å².